The second-order valence-electron chi connectivity index (χ2n) is 9.45. The van der Waals surface area contributed by atoms with Gasteiger partial charge in [-0.05, 0) is 55.0 Å². The number of nitrogens with zero attached hydrogens (tertiary/aromatic N) is 2. The van der Waals surface area contributed by atoms with Crippen molar-refractivity contribution in [2.75, 3.05) is 25.1 Å². The average Bonchev–Trinajstić information content (AvgIpc) is 3.20. The van der Waals surface area contributed by atoms with Crippen LogP contribution in [0.15, 0.2) is 42.6 Å². The van der Waals surface area contributed by atoms with Crippen LogP contribution in [0.2, 0.25) is 0 Å². The first-order valence-electron chi connectivity index (χ1n) is 12.7. The van der Waals surface area contributed by atoms with E-state index in [-0.39, 0.29) is 17.6 Å². The monoisotopic (exact) mass is 490 g/mol. The second kappa shape index (κ2) is 10.6. The van der Waals surface area contributed by atoms with E-state index in [9.17, 15) is 14.0 Å². The van der Waals surface area contributed by atoms with E-state index in [0.717, 1.165) is 67.1 Å². The largest absolute Gasteiger partial charge is 0.381 e. The van der Waals surface area contributed by atoms with Crippen molar-refractivity contribution in [1.82, 2.24) is 14.9 Å². The predicted octanol–water partition coefficient (Wildman–Crippen LogP) is 4.81. The molecule has 0 bridgehead atoms. The molecule has 2 aliphatic rings. The van der Waals surface area contributed by atoms with Gasteiger partial charge in [-0.15, -0.1) is 0 Å². The maximum Gasteiger partial charge on any atom is 0.253 e. The van der Waals surface area contributed by atoms with Crippen LogP contribution >= 0.6 is 0 Å². The second-order valence-corrected chi connectivity index (χ2v) is 9.45. The number of halogens is 1. The third-order valence-electron chi connectivity index (χ3n) is 6.94. The van der Waals surface area contributed by atoms with Crippen LogP contribution in [0.3, 0.4) is 0 Å². The zero-order chi connectivity index (χ0) is 25.1. The number of fused-ring (bicyclic) bond motifs is 1. The van der Waals surface area contributed by atoms with Crippen molar-refractivity contribution in [1.29, 1.82) is 0 Å². The summed E-state index contributed by atoms with van der Waals surface area (Å²) in [5.41, 5.74) is 4.94. The molecule has 8 heteroatoms. The van der Waals surface area contributed by atoms with E-state index in [4.69, 9.17) is 4.74 Å². The minimum absolute atomic E-state index is 0.0860. The molecule has 36 heavy (non-hydrogen) atoms. The van der Waals surface area contributed by atoms with Crippen LogP contribution in [0.4, 0.5) is 10.2 Å². The number of hydrogen-bond donors (Lipinski definition) is 2. The Morgan fingerprint density at radius 2 is 1.94 bits per heavy atom. The fourth-order valence-corrected chi connectivity index (χ4v) is 5.22. The lowest BCUT2D eigenvalue weighted by atomic mass is 9.95. The molecule has 2 aromatic heterocycles. The highest BCUT2D eigenvalue weighted by molar-refractivity contribution is 6.07. The summed E-state index contributed by atoms with van der Waals surface area (Å²) < 4.78 is 21.7. The summed E-state index contributed by atoms with van der Waals surface area (Å²) >= 11 is 0. The summed E-state index contributed by atoms with van der Waals surface area (Å²) in [5.74, 6) is 0.359. The number of carbonyl (C=O) groups excluding carboxylic acids is 2. The Kier molecular flexibility index (Phi) is 7.13. The molecule has 4 heterocycles. The van der Waals surface area contributed by atoms with Gasteiger partial charge in [0.25, 0.3) is 5.91 Å². The topological polar surface area (TPSA) is 85.3 Å². The third kappa shape index (κ3) is 4.91. The molecule has 1 fully saturated rings. The van der Waals surface area contributed by atoms with Gasteiger partial charge in [0.2, 0.25) is 5.91 Å². The van der Waals surface area contributed by atoms with Gasteiger partial charge in [-0.25, -0.2) is 9.37 Å². The first-order valence-corrected chi connectivity index (χ1v) is 12.7. The molecule has 0 aliphatic carbocycles. The molecule has 0 spiro atoms. The fourth-order valence-electron chi connectivity index (χ4n) is 5.22. The maximum atomic E-state index is 13.8. The summed E-state index contributed by atoms with van der Waals surface area (Å²) in [6, 6.07) is 10.1. The van der Waals surface area contributed by atoms with Crippen LogP contribution in [-0.2, 0) is 22.5 Å². The highest BCUT2D eigenvalue weighted by Gasteiger charge is 2.32. The molecule has 0 atom stereocenters. The molecule has 2 aliphatic heterocycles. The van der Waals surface area contributed by atoms with Gasteiger partial charge in [-0.1, -0.05) is 19.1 Å². The molecule has 7 nitrogen and oxygen atoms in total. The SMILES string of the molecule is CCCC(=O)Nc1cc(-c2c(-c3ccc(F)cc3)c3c(n2CC2CCOCC2)CCNC3=O)ccn1. The number of aromatic nitrogens is 2. The Bertz CT molecular complexity index is 1260. The molecule has 5 rings (SSSR count). The Morgan fingerprint density at radius 3 is 2.69 bits per heavy atom. The Morgan fingerprint density at radius 1 is 1.17 bits per heavy atom. The number of rotatable bonds is 7. The van der Waals surface area contributed by atoms with E-state index in [2.05, 4.69) is 20.2 Å². The minimum atomic E-state index is -0.329. The highest BCUT2D eigenvalue weighted by atomic mass is 19.1. The number of hydrogen-bond acceptors (Lipinski definition) is 4. The molecular formula is C28H31FN4O3. The summed E-state index contributed by atoms with van der Waals surface area (Å²) in [7, 11) is 0. The number of anilines is 1. The van der Waals surface area contributed by atoms with E-state index in [0.29, 0.717) is 36.7 Å². The maximum absolute atomic E-state index is 13.8. The minimum Gasteiger partial charge on any atom is -0.381 e. The smallest absolute Gasteiger partial charge is 0.253 e. The molecule has 2 amide bonds. The van der Waals surface area contributed by atoms with Gasteiger partial charge in [-0.2, -0.15) is 0 Å². The third-order valence-corrected chi connectivity index (χ3v) is 6.94. The number of benzene rings is 1. The molecule has 188 valence electrons. The van der Waals surface area contributed by atoms with E-state index in [1.54, 1.807) is 18.3 Å². The molecule has 0 saturated carbocycles. The number of pyridine rings is 1. The normalized spacial score (nSPS) is 15.9. The van der Waals surface area contributed by atoms with Gasteiger partial charge < -0.3 is 19.9 Å². The van der Waals surface area contributed by atoms with Crippen molar-refractivity contribution < 1.29 is 18.7 Å². The lowest BCUT2D eigenvalue weighted by Crippen LogP contribution is -2.33. The summed E-state index contributed by atoms with van der Waals surface area (Å²) in [6.07, 6.45) is 5.47. The highest BCUT2D eigenvalue weighted by Crippen LogP contribution is 2.42. The standard InChI is InChI=1S/C28H31FN4O3/c1-2-3-24(34)32-23-16-20(8-12-30-23)27-25(19-4-6-21(29)7-5-19)26-22(9-13-31-28(26)35)33(27)17-18-10-14-36-15-11-18/h4-8,12,16,18H,2-3,9-11,13-15,17H2,1H3,(H,31,35)(H,30,32,34). The lowest BCUT2D eigenvalue weighted by molar-refractivity contribution is -0.116. The van der Waals surface area contributed by atoms with Crippen molar-refractivity contribution in [3.8, 4) is 22.4 Å². The quantitative estimate of drug-likeness (QED) is 0.498. The van der Waals surface area contributed by atoms with Gasteiger partial charge in [0.15, 0.2) is 0 Å². The van der Waals surface area contributed by atoms with Crippen molar-refractivity contribution in [2.45, 2.75) is 45.6 Å². The average molecular weight is 491 g/mol. The van der Waals surface area contributed by atoms with E-state index >= 15 is 0 Å². The van der Waals surface area contributed by atoms with Crippen LogP contribution in [0, 0.1) is 11.7 Å². The van der Waals surface area contributed by atoms with Crippen LogP contribution in [0.5, 0.6) is 0 Å². The zero-order valence-electron chi connectivity index (χ0n) is 20.5. The van der Waals surface area contributed by atoms with Gasteiger partial charge in [0.05, 0.1) is 11.3 Å². The molecule has 1 saturated heterocycles. The molecule has 1 aromatic carbocycles. The summed E-state index contributed by atoms with van der Waals surface area (Å²) in [5, 5.41) is 5.88. The van der Waals surface area contributed by atoms with E-state index < -0.39 is 0 Å². The van der Waals surface area contributed by atoms with E-state index in [1.807, 2.05) is 19.1 Å². The predicted molar refractivity (Wildman–Crippen MR) is 136 cm³/mol. The number of nitrogens with one attached hydrogen (secondary N) is 2. The summed E-state index contributed by atoms with van der Waals surface area (Å²) in [4.78, 5) is 29.8. The fraction of sp³-hybridized carbons (Fsp3) is 0.393. The Hall–Kier alpha value is -3.52. The van der Waals surface area contributed by atoms with Crippen molar-refractivity contribution in [3.63, 3.8) is 0 Å². The van der Waals surface area contributed by atoms with Crippen molar-refractivity contribution in [3.05, 3.63) is 59.7 Å². The van der Waals surface area contributed by atoms with Gasteiger partial charge >= 0.3 is 0 Å². The van der Waals surface area contributed by atoms with Gasteiger partial charge in [0, 0.05) is 62.2 Å². The van der Waals surface area contributed by atoms with Crippen LogP contribution in [-0.4, -0.2) is 41.1 Å². The van der Waals surface area contributed by atoms with Crippen LogP contribution < -0.4 is 10.6 Å². The summed E-state index contributed by atoms with van der Waals surface area (Å²) in [6.45, 7) is 4.75. The van der Waals surface area contributed by atoms with Crippen molar-refractivity contribution >= 4 is 17.6 Å². The molecule has 0 unspecified atom stereocenters. The zero-order valence-corrected chi connectivity index (χ0v) is 20.5. The van der Waals surface area contributed by atoms with Crippen molar-refractivity contribution in [2.24, 2.45) is 5.92 Å². The van der Waals surface area contributed by atoms with Gasteiger partial charge in [0.1, 0.15) is 11.6 Å². The molecule has 0 radical (unpaired) electrons. The van der Waals surface area contributed by atoms with E-state index in [1.165, 1.54) is 12.1 Å². The molecule has 3 aromatic rings. The Labute approximate surface area is 210 Å². The lowest BCUT2D eigenvalue weighted by Gasteiger charge is -2.26. The first-order chi connectivity index (χ1) is 17.5. The molecule has 2 N–H and O–H groups in total. The number of ether oxygens (including phenoxy) is 1. The van der Waals surface area contributed by atoms with Crippen LogP contribution in [0.25, 0.3) is 22.4 Å². The Balaban J connectivity index is 1.70. The molecular weight excluding hydrogens is 459 g/mol. The number of amides is 2. The van der Waals surface area contributed by atoms with Gasteiger partial charge in [-0.3, -0.25) is 9.59 Å². The first kappa shape index (κ1) is 24.2. The number of carbonyl (C=O) groups is 2. The van der Waals surface area contributed by atoms with Crippen LogP contribution in [0.1, 0.15) is 48.7 Å².